The summed E-state index contributed by atoms with van der Waals surface area (Å²) in [6.45, 7) is 2.42. The van der Waals surface area contributed by atoms with E-state index in [1.807, 2.05) is 6.92 Å². The first-order chi connectivity index (χ1) is 13.6. The smallest absolute Gasteiger partial charge is 0.338 e. The van der Waals surface area contributed by atoms with Gasteiger partial charge in [-0.05, 0) is 36.8 Å². The Kier molecular flexibility index (Phi) is 6.16. The normalized spacial score (nSPS) is 10.6. The van der Waals surface area contributed by atoms with Crippen molar-refractivity contribution in [3.63, 3.8) is 0 Å². The summed E-state index contributed by atoms with van der Waals surface area (Å²) in [4.78, 5) is 36.1. The highest BCUT2D eigenvalue weighted by atomic mass is 16.5. The predicted octanol–water partition coefficient (Wildman–Crippen LogP) is 3.06. The maximum Gasteiger partial charge on any atom is 0.338 e. The maximum atomic E-state index is 12.4. The Morgan fingerprint density at radius 1 is 1.07 bits per heavy atom. The van der Waals surface area contributed by atoms with Gasteiger partial charge < -0.3 is 10.1 Å². The van der Waals surface area contributed by atoms with E-state index in [1.54, 1.807) is 48.5 Å². The summed E-state index contributed by atoms with van der Waals surface area (Å²) in [5.41, 5.74) is 1.19. The molecule has 0 saturated heterocycles. The number of carbonyl (C=O) groups is 2. The van der Waals surface area contributed by atoms with Crippen molar-refractivity contribution in [3.05, 3.63) is 70.1 Å². The lowest BCUT2D eigenvalue weighted by atomic mass is 10.1. The van der Waals surface area contributed by atoms with E-state index in [-0.39, 0.29) is 23.9 Å². The first-order valence-electron chi connectivity index (χ1n) is 9.12. The molecule has 3 rings (SSSR count). The molecular weight excluding hydrogens is 358 g/mol. The van der Waals surface area contributed by atoms with E-state index in [9.17, 15) is 14.4 Å². The van der Waals surface area contributed by atoms with Gasteiger partial charge in [-0.1, -0.05) is 31.5 Å². The Morgan fingerprint density at radius 2 is 1.79 bits per heavy atom. The molecule has 0 bridgehead atoms. The molecule has 1 heterocycles. The number of aromatic nitrogens is 2. The number of hydrogen-bond acceptors (Lipinski definition) is 5. The van der Waals surface area contributed by atoms with Crippen LogP contribution < -0.4 is 10.9 Å². The third kappa shape index (κ3) is 4.62. The molecule has 28 heavy (non-hydrogen) atoms. The van der Waals surface area contributed by atoms with Crippen molar-refractivity contribution < 1.29 is 14.3 Å². The Labute approximate surface area is 161 Å². The van der Waals surface area contributed by atoms with E-state index in [2.05, 4.69) is 15.5 Å². The molecule has 3 aromatic rings. The highest BCUT2D eigenvalue weighted by Crippen LogP contribution is 2.15. The zero-order valence-corrected chi connectivity index (χ0v) is 15.5. The number of hydrogen-bond donors (Lipinski definition) is 2. The summed E-state index contributed by atoms with van der Waals surface area (Å²) in [5, 5.41) is 10.3. The molecular formula is C21H21N3O4. The number of fused-ring (bicyclic) bond motifs is 1. The van der Waals surface area contributed by atoms with Gasteiger partial charge in [0.1, 0.15) is 0 Å². The molecule has 7 heteroatoms. The molecule has 2 aromatic carbocycles. The Balaban J connectivity index is 1.65. The van der Waals surface area contributed by atoms with Crippen molar-refractivity contribution in [2.75, 3.05) is 11.9 Å². The molecule has 7 nitrogen and oxygen atoms in total. The predicted molar refractivity (Wildman–Crippen MR) is 106 cm³/mol. The molecule has 1 amide bonds. The van der Waals surface area contributed by atoms with Crippen molar-refractivity contribution in [2.24, 2.45) is 0 Å². The van der Waals surface area contributed by atoms with Crippen LogP contribution in [0.2, 0.25) is 0 Å². The van der Waals surface area contributed by atoms with Crippen LogP contribution in [-0.4, -0.2) is 28.7 Å². The molecule has 0 unspecified atom stereocenters. The van der Waals surface area contributed by atoms with Gasteiger partial charge in [0.15, 0.2) is 0 Å². The van der Waals surface area contributed by atoms with E-state index in [0.29, 0.717) is 34.3 Å². The van der Waals surface area contributed by atoms with Crippen molar-refractivity contribution in [1.82, 2.24) is 10.2 Å². The van der Waals surface area contributed by atoms with Crippen molar-refractivity contribution >= 4 is 28.3 Å². The highest BCUT2D eigenvalue weighted by molar-refractivity contribution is 5.96. The van der Waals surface area contributed by atoms with Gasteiger partial charge in [0, 0.05) is 11.1 Å². The van der Waals surface area contributed by atoms with Crippen molar-refractivity contribution in [3.8, 4) is 0 Å². The average Bonchev–Trinajstić information content (AvgIpc) is 2.71. The first-order valence-corrected chi connectivity index (χ1v) is 9.12. The van der Waals surface area contributed by atoms with Crippen LogP contribution in [0.4, 0.5) is 5.69 Å². The fourth-order valence-electron chi connectivity index (χ4n) is 2.75. The van der Waals surface area contributed by atoms with Gasteiger partial charge in [0.2, 0.25) is 5.91 Å². The van der Waals surface area contributed by atoms with Gasteiger partial charge in [-0.2, -0.15) is 5.10 Å². The Hall–Kier alpha value is -3.48. The summed E-state index contributed by atoms with van der Waals surface area (Å²) in [5.74, 6) is -0.654. The quantitative estimate of drug-likeness (QED) is 0.485. The van der Waals surface area contributed by atoms with Crippen molar-refractivity contribution in [2.45, 2.75) is 26.2 Å². The summed E-state index contributed by atoms with van der Waals surface area (Å²) in [6, 6.07) is 13.5. The van der Waals surface area contributed by atoms with Gasteiger partial charge in [0.05, 0.1) is 29.7 Å². The second-order valence-corrected chi connectivity index (χ2v) is 6.34. The van der Waals surface area contributed by atoms with E-state index in [0.717, 1.165) is 12.8 Å². The number of benzene rings is 2. The van der Waals surface area contributed by atoms with Crippen LogP contribution in [0.15, 0.2) is 53.3 Å². The first kappa shape index (κ1) is 19.3. The minimum Gasteiger partial charge on any atom is -0.462 e. The number of esters is 1. The molecule has 0 aliphatic carbocycles. The zero-order chi connectivity index (χ0) is 19.9. The zero-order valence-electron chi connectivity index (χ0n) is 15.5. The molecule has 0 aliphatic heterocycles. The SMILES string of the molecule is CCCCOC(=O)c1ccc(NC(=O)Cc2n[nH]c(=O)c3ccccc23)cc1. The third-order valence-corrected chi connectivity index (χ3v) is 4.24. The minimum absolute atomic E-state index is 0.0120. The fraction of sp³-hybridized carbons (Fsp3) is 0.238. The Bertz CT molecular complexity index is 1040. The summed E-state index contributed by atoms with van der Waals surface area (Å²) < 4.78 is 5.16. The lowest BCUT2D eigenvalue weighted by Gasteiger charge is -2.08. The maximum absolute atomic E-state index is 12.4. The number of anilines is 1. The second-order valence-electron chi connectivity index (χ2n) is 6.34. The van der Waals surface area contributed by atoms with E-state index < -0.39 is 0 Å². The van der Waals surface area contributed by atoms with Crippen LogP contribution in [0.1, 0.15) is 35.8 Å². The van der Waals surface area contributed by atoms with Crippen LogP contribution in [0.25, 0.3) is 10.8 Å². The third-order valence-electron chi connectivity index (χ3n) is 4.24. The molecule has 0 atom stereocenters. The monoisotopic (exact) mass is 379 g/mol. The van der Waals surface area contributed by atoms with Crippen LogP contribution in [-0.2, 0) is 16.0 Å². The number of aromatic amines is 1. The number of nitrogens with one attached hydrogen (secondary N) is 2. The molecule has 0 aliphatic rings. The summed E-state index contributed by atoms with van der Waals surface area (Å²) in [7, 11) is 0. The lowest BCUT2D eigenvalue weighted by Crippen LogP contribution is -2.18. The second kappa shape index (κ2) is 8.94. The fourth-order valence-corrected chi connectivity index (χ4v) is 2.75. The summed E-state index contributed by atoms with van der Waals surface area (Å²) in [6.07, 6.45) is 1.79. The topological polar surface area (TPSA) is 101 Å². The number of nitrogens with zero attached hydrogens (tertiary/aromatic N) is 1. The molecule has 2 N–H and O–H groups in total. The number of H-pyrrole nitrogens is 1. The molecule has 1 aromatic heterocycles. The number of rotatable bonds is 7. The molecule has 0 saturated carbocycles. The summed E-state index contributed by atoms with van der Waals surface area (Å²) >= 11 is 0. The van der Waals surface area contributed by atoms with Crippen LogP contribution in [0.3, 0.4) is 0 Å². The lowest BCUT2D eigenvalue weighted by molar-refractivity contribution is -0.115. The van der Waals surface area contributed by atoms with E-state index >= 15 is 0 Å². The van der Waals surface area contributed by atoms with Gasteiger partial charge in [-0.25, -0.2) is 9.89 Å². The van der Waals surface area contributed by atoms with Crippen LogP contribution in [0, 0.1) is 0 Å². The number of carbonyl (C=O) groups excluding carboxylic acids is 2. The largest absolute Gasteiger partial charge is 0.462 e. The number of ether oxygens (including phenoxy) is 1. The van der Waals surface area contributed by atoms with Gasteiger partial charge in [-0.15, -0.1) is 0 Å². The van der Waals surface area contributed by atoms with E-state index in [1.165, 1.54) is 0 Å². The van der Waals surface area contributed by atoms with Gasteiger partial charge in [-0.3, -0.25) is 9.59 Å². The average molecular weight is 379 g/mol. The van der Waals surface area contributed by atoms with Crippen LogP contribution in [0.5, 0.6) is 0 Å². The molecule has 0 fully saturated rings. The standard InChI is InChI=1S/C21H21N3O4/c1-2-3-12-28-21(27)14-8-10-15(11-9-14)22-19(25)13-18-16-6-4-5-7-17(16)20(26)24-23-18/h4-11H,2-3,12-13H2,1H3,(H,22,25)(H,24,26). The van der Waals surface area contributed by atoms with Crippen molar-refractivity contribution in [1.29, 1.82) is 0 Å². The van der Waals surface area contributed by atoms with Crippen LogP contribution >= 0.6 is 0 Å². The number of unbranched alkanes of at least 4 members (excludes halogenated alkanes) is 1. The van der Waals surface area contributed by atoms with Gasteiger partial charge in [0.25, 0.3) is 5.56 Å². The Morgan fingerprint density at radius 3 is 2.50 bits per heavy atom. The highest BCUT2D eigenvalue weighted by Gasteiger charge is 2.12. The van der Waals surface area contributed by atoms with E-state index in [4.69, 9.17) is 4.74 Å². The molecule has 0 spiro atoms. The number of amides is 1. The van der Waals surface area contributed by atoms with Gasteiger partial charge >= 0.3 is 5.97 Å². The molecule has 144 valence electrons. The molecule has 0 radical (unpaired) electrons. The minimum atomic E-state index is -0.379.